The summed E-state index contributed by atoms with van der Waals surface area (Å²) in [4.78, 5) is 12.0. The second-order valence-electron chi connectivity index (χ2n) is 5.30. The number of carbonyl (C=O) groups excluding carboxylic acids is 1. The predicted octanol–water partition coefficient (Wildman–Crippen LogP) is 2.29. The van der Waals surface area contributed by atoms with Crippen molar-refractivity contribution in [1.82, 2.24) is 5.32 Å². The van der Waals surface area contributed by atoms with Crippen molar-refractivity contribution < 1.29 is 25.2 Å². The molecule has 0 aliphatic carbocycles. The summed E-state index contributed by atoms with van der Waals surface area (Å²) in [6.45, 7) is -0.0672. The molecule has 0 aliphatic heterocycles. The van der Waals surface area contributed by atoms with E-state index in [4.69, 9.17) is 5.26 Å². The SMILES string of the molecule is N#C/C(=C\C=C\c1cc(O)cc(O)c1)C(=O)NCc1cccc(O)c1O. The summed E-state index contributed by atoms with van der Waals surface area (Å²) in [5, 5.41) is 49.4. The quantitative estimate of drug-likeness (QED) is 0.243. The number of hydrogen-bond acceptors (Lipinski definition) is 6. The number of hydrogen-bond donors (Lipinski definition) is 5. The number of rotatable bonds is 5. The topological polar surface area (TPSA) is 134 Å². The molecule has 2 rings (SSSR count). The third kappa shape index (κ3) is 4.79. The van der Waals surface area contributed by atoms with E-state index in [1.165, 1.54) is 54.6 Å². The molecule has 0 radical (unpaired) electrons. The Labute approximate surface area is 149 Å². The van der Waals surface area contributed by atoms with E-state index in [0.29, 0.717) is 11.1 Å². The molecule has 2 aromatic carbocycles. The van der Waals surface area contributed by atoms with Crippen molar-refractivity contribution in [3.05, 3.63) is 65.3 Å². The normalized spacial score (nSPS) is 11.3. The Morgan fingerprint density at radius 1 is 1.12 bits per heavy atom. The Bertz CT molecular complexity index is 906. The van der Waals surface area contributed by atoms with Crippen molar-refractivity contribution >= 4 is 12.0 Å². The van der Waals surface area contributed by atoms with Gasteiger partial charge in [0.05, 0.1) is 0 Å². The third-order valence-corrected chi connectivity index (χ3v) is 3.38. The van der Waals surface area contributed by atoms with E-state index >= 15 is 0 Å². The lowest BCUT2D eigenvalue weighted by atomic mass is 10.1. The van der Waals surface area contributed by atoms with E-state index < -0.39 is 5.91 Å². The molecule has 2 aromatic rings. The van der Waals surface area contributed by atoms with E-state index in [9.17, 15) is 25.2 Å². The number of nitrogens with zero attached hydrogens (tertiary/aromatic N) is 1. The first-order chi connectivity index (χ1) is 12.4. The molecule has 132 valence electrons. The molecule has 7 nitrogen and oxygen atoms in total. The van der Waals surface area contributed by atoms with Crippen molar-refractivity contribution in [2.75, 3.05) is 0 Å². The Morgan fingerprint density at radius 2 is 1.81 bits per heavy atom. The number of allylic oxidation sites excluding steroid dienone is 2. The predicted molar refractivity (Wildman–Crippen MR) is 94.1 cm³/mol. The van der Waals surface area contributed by atoms with Gasteiger partial charge >= 0.3 is 0 Å². The van der Waals surface area contributed by atoms with Gasteiger partial charge < -0.3 is 25.7 Å². The van der Waals surface area contributed by atoms with Crippen LogP contribution in [0.4, 0.5) is 0 Å². The number of amides is 1. The molecule has 1 amide bonds. The second-order valence-corrected chi connectivity index (χ2v) is 5.30. The summed E-state index contributed by atoms with van der Waals surface area (Å²) in [6, 6.07) is 10.1. The lowest BCUT2D eigenvalue weighted by Gasteiger charge is -2.07. The van der Waals surface area contributed by atoms with E-state index in [1.807, 2.05) is 0 Å². The molecule has 7 heteroatoms. The molecule has 0 atom stereocenters. The highest BCUT2D eigenvalue weighted by Gasteiger charge is 2.10. The minimum atomic E-state index is -0.654. The number of carbonyl (C=O) groups is 1. The van der Waals surface area contributed by atoms with Crippen molar-refractivity contribution in [2.45, 2.75) is 6.54 Å². The summed E-state index contributed by atoms with van der Waals surface area (Å²) < 4.78 is 0. The number of nitriles is 1. The Kier molecular flexibility index (Phi) is 5.85. The summed E-state index contributed by atoms with van der Waals surface area (Å²) in [7, 11) is 0. The molecule has 5 N–H and O–H groups in total. The zero-order valence-electron chi connectivity index (χ0n) is 13.5. The van der Waals surface area contributed by atoms with Gasteiger partial charge in [-0.25, -0.2) is 0 Å². The first kappa shape index (κ1) is 18.4. The lowest BCUT2D eigenvalue weighted by molar-refractivity contribution is -0.117. The van der Waals surface area contributed by atoms with E-state index in [2.05, 4.69) is 5.32 Å². The van der Waals surface area contributed by atoms with Crippen molar-refractivity contribution in [3.8, 4) is 29.1 Å². The maximum Gasteiger partial charge on any atom is 0.262 e. The van der Waals surface area contributed by atoms with E-state index in [1.54, 1.807) is 6.07 Å². The lowest BCUT2D eigenvalue weighted by Crippen LogP contribution is -2.24. The molecule has 0 unspecified atom stereocenters. The highest BCUT2D eigenvalue weighted by Crippen LogP contribution is 2.27. The van der Waals surface area contributed by atoms with Crippen molar-refractivity contribution in [2.24, 2.45) is 0 Å². The van der Waals surface area contributed by atoms with Gasteiger partial charge in [0.1, 0.15) is 23.1 Å². The van der Waals surface area contributed by atoms with E-state index in [-0.39, 0.29) is 35.1 Å². The maximum atomic E-state index is 12.0. The zero-order chi connectivity index (χ0) is 19.1. The largest absolute Gasteiger partial charge is 0.508 e. The van der Waals surface area contributed by atoms with Crippen LogP contribution in [0.3, 0.4) is 0 Å². The van der Waals surface area contributed by atoms with Crippen molar-refractivity contribution in [1.29, 1.82) is 5.26 Å². The van der Waals surface area contributed by atoms with Crippen LogP contribution in [0.25, 0.3) is 6.08 Å². The molecule has 0 saturated heterocycles. The summed E-state index contributed by atoms with van der Waals surface area (Å²) >= 11 is 0. The molecular formula is C19H16N2O5. The number of benzene rings is 2. The van der Waals surface area contributed by atoms with Crippen molar-refractivity contribution in [3.63, 3.8) is 0 Å². The van der Waals surface area contributed by atoms with Gasteiger partial charge in [-0.15, -0.1) is 0 Å². The fourth-order valence-corrected chi connectivity index (χ4v) is 2.12. The number of para-hydroxylation sites is 1. The first-order valence-corrected chi connectivity index (χ1v) is 7.50. The van der Waals surface area contributed by atoms with E-state index in [0.717, 1.165) is 0 Å². The number of phenols is 4. The molecule has 0 spiro atoms. The van der Waals surface area contributed by atoms with Gasteiger partial charge in [0.2, 0.25) is 0 Å². The minimum absolute atomic E-state index is 0.0672. The molecular weight excluding hydrogens is 336 g/mol. The highest BCUT2D eigenvalue weighted by molar-refractivity contribution is 5.97. The molecule has 0 heterocycles. The highest BCUT2D eigenvalue weighted by atomic mass is 16.3. The molecule has 0 fully saturated rings. The molecule has 0 saturated carbocycles. The van der Waals surface area contributed by atoms with Gasteiger partial charge in [0.15, 0.2) is 11.5 Å². The Hall–Kier alpha value is -3.92. The standard InChI is InChI=1S/C19H16N2O5/c20-10-13(4-1-3-12-7-15(22)9-16(23)8-12)19(26)21-11-14-5-2-6-17(24)18(14)25/h1-9,22-25H,11H2,(H,21,26)/b3-1+,13-4+. The average molecular weight is 352 g/mol. The fraction of sp³-hybridized carbons (Fsp3) is 0.0526. The van der Waals surface area contributed by atoms with Crippen LogP contribution in [0.2, 0.25) is 0 Å². The monoisotopic (exact) mass is 352 g/mol. The molecule has 0 aliphatic rings. The van der Waals surface area contributed by atoms with Crippen LogP contribution in [0.1, 0.15) is 11.1 Å². The van der Waals surface area contributed by atoms with Gasteiger partial charge in [-0.1, -0.05) is 24.3 Å². The fourth-order valence-electron chi connectivity index (χ4n) is 2.12. The zero-order valence-corrected chi connectivity index (χ0v) is 13.5. The van der Waals surface area contributed by atoms with Gasteiger partial charge in [-0.3, -0.25) is 4.79 Å². The number of nitrogens with one attached hydrogen (secondary N) is 1. The Balaban J connectivity index is 2.06. The van der Waals surface area contributed by atoms with Crippen LogP contribution in [-0.2, 0) is 11.3 Å². The average Bonchev–Trinajstić information content (AvgIpc) is 2.59. The molecule has 0 bridgehead atoms. The van der Waals surface area contributed by atoms with Gasteiger partial charge in [0.25, 0.3) is 5.91 Å². The smallest absolute Gasteiger partial charge is 0.262 e. The van der Waals surface area contributed by atoms with Gasteiger partial charge in [0, 0.05) is 18.2 Å². The number of aromatic hydroxyl groups is 4. The molecule has 26 heavy (non-hydrogen) atoms. The van der Waals surface area contributed by atoms with Crippen LogP contribution in [0, 0.1) is 11.3 Å². The van der Waals surface area contributed by atoms with Crippen LogP contribution in [-0.4, -0.2) is 26.3 Å². The van der Waals surface area contributed by atoms with Crippen LogP contribution in [0.5, 0.6) is 23.0 Å². The summed E-state index contributed by atoms with van der Waals surface area (Å²) in [6.07, 6.45) is 4.21. The summed E-state index contributed by atoms with van der Waals surface area (Å²) in [5.74, 6) is -1.52. The molecule has 0 aromatic heterocycles. The Morgan fingerprint density at radius 3 is 2.46 bits per heavy atom. The second kappa shape index (κ2) is 8.26. The van der Waals surface area contributed by atoms with Gasteiger partial charge in [-0.2, -0.15) is 5.26 Å². The van der Waals surface area contributed by atoms with Crippen LogP contribution < -0.4 is 5.32 Å². The van der Waals surface area contributed by atoms with Crippen LogP contribution in [0.15, 0.2) is 54.1 Å². The first-order valence-electron chi connectivity index (χ1n) is 7.50. The third-order valence-electron chi connectivity index (χ3n) is 3.38. The van der Waals surface area contributed by atoms with Gasteiger partial charge in [-0.05, 0) is 29.8 Å². The minimum Gasteiger partial charge on any atom is -0.508 e. The summed E-state index contributed by atoms with van der Waals surface area (Å²) in [5.41, 5.74) is 0.618. The maximum absolute atomic E-state index is 12.0. The van der Waals surface area contributed by atoms with Crippen LogP contribution >= 0.6 is 0 Å². The number of phenolic OH excluding ortho intramolecular Hbond substituents is 4.